The Kier molecular flexibility index (Phi) is 6.74. The predicted octanol–water partition coefficient (Wildman–Crippen LogP) is 1.05. The van der Waals surface area contributed by atoms with E-state index in [1.54, 1.807) is 14.2 Å². The standard InChI is InChI=1S/C15H18N2O3.C6H11NO2/c1-19-11-6-10-13(9-7-17-14(18)12(9)11)20-8-15(10)2-4-16-5-3-15;1-7-6(9)4-2-3-5-8/h6,16H,2-5,7-8H2,1H3,(H,17,18);5H,2-4H2,1H3,(H,7,9). The van der Waals surface area contributed by atoms with E-state index in [1.165, 1.54) is 5.56 Å². The number of aldehydes is 1. The number of nitrogens with one attached hydrogen (secondary N) is 3. The van der Waals surface area contributed by atoms with E-state index < -0.39 is 0 Å². The van der Waals surface area contributed by atoms with Gasteiger partial charge in [-0.15, -0.1) is 0 Å². The predicted molar refractivity (Wildman–Crippen MR) is 107 cm³/mol. The van der Waals surface area contributed by atoms with Crippen LogP contribution in [-0.2, 0) is 21.5 Å². The summed E-state index contributed by atoms with van der Waals surface area (Å²) in [6.45, 7) is 3.29. The van der Waals surface area contributed by atoms with Gasteiger partial charge in [-0.05, 0) is 38.4 Å². The van der Waals surface area contributed by atoms with Crippen molar-refractivity contribution in [3.8, 4) is 11.5 Å². The van der Waals surface area contributed by atoms with E-state index in [0.29, 0.717) is 37.1 Å². The van der Waals surface area contributed by atoms with Crippen molar-refractivity contribution in [2.24, 2.45) is 0 Å². The number of amides is 2. The second-order valence-electron chi connectivity index (χ2n) is 7.54. The van der Waals surface area contributed by atoms with Gasteiger partial charge in [0, 0.05) is 43.0 Å². The fourth-order valence-electron chi connectivity index (χ4n) is 4.17. The highest BCUT2D eigenvalue weighted by molar-refractivity contribution is 6.02. The molecule has 0 radical (unpaired) electrons. The van der Waals surface area contributed by atoms with Crippen LogP contribution in [0, 0.1) is 0 Å². The van der Waals surface area contributed by atoms with Crippen LogP contribution < -0.4 is 25.4 Å². The lowest BCUT2D eigenvalue weighted by Crippen LogP contribution is -2.40. The van der Waals surface area contributed by atoms with Crippen LogP contribution in [-0.4, -0.2) is 52.0 Å². The minimum Gasteiger partial charge on any atom is -0.496 e. The zero-order valence-electron chi connectivity index (χ0n) is 17.1. The maximum Gasteiger partial charge on any atom is 0.255 e. The first-order chi connectivity index (χ1) is 14.1. The summed E-state index contributed by atoms with van der Waals surface area (Å²) in [6, 6.07) is 2.03. The van der Waals surface area contributed by atoms with Crippen molar-refractivity contribution in [2.45, 2.75) is 44.1 Å². The smallest absolute Gasteiger partial charge is 0.255 e. The molecule has 3 heterocycles. The Labute approximate surface area is 170 Å². The molecule has 0 unspecified atom stereocenters. The average molecular weight is 403 g/mol. The Bertz CT molecular complexity index is 787. The van der Waals surface area contributed by atoms with Crippen molar-refractivity contribution >= 4 is 18.1 Å². The summed E-state index contributed by atoms with van der Waals surface area (Å²) in [4.78, 5) is 32.2. The number of piperidine rings is 1. The maximum absolute atomic E-state index is 12.0. The molecule has 4 rings (SSSR count). The second kappa shape index (κ2) is 9.26. The van der Waals surface area contributed by atoms with Crippen molar-refractivity contribution in [3.63, 3.8) is 0 Å². The van der Waals surface area contributed by atoms with Crippen LogP contribution in [0.5, 0.6) is 11.5 Å². The third-order valence-electron chi connectivity index (χ3n) is 5.84. The molecule has 3 aliphatic heterocycles. The Balaban J connectivity index is 0.000000229. The number of hydrogen-bond donors (Lipinski definition) is 3. The summed E-state index contributed by atoms with van der Waals surface area (Å²) in [5, 5.41) is 8.74. The lowest BCUT2D eigenvalue weighted by molar-refractivity contribution is -0.120. The van der Waals surface area contributed by atoms with Gasteiger partial charge >= 0.3 is 0 Å². The van der Waals surface area contributed by atoms with E-state index in [1.807, 2.05) is 6.07 Å². The third-order valence-corrected chi connectivity index (χ3v) is 5.84. The SMILES string of the molecule is CNC(=O)CCCC=O.COc1cc2c(c3c1C(=O)NC3)OCC21CCNCC1. The highest BCUT2D eigenvalue weighted by Crippen LogP contribution is 2.50. The molecule has 8 nitrogen and oxygen atoms in total. The van der Waals surface area contributed by atoms with Crippen LogP contribution in [0.4, 0.5) is 0 Å². The first-order valence-electron chi connectivity index (χ1n) is 10.1. The van der Waals surface area contributed by atoms with Crippen molar-refractivity contribution in [1.82, 2.24) is 16.0 Å². The quantitative estimate of drug-likeness (QED) is 0.501. The summed E-state index contributed by atoms with van der Waals surface area (Å²) in [7, 11) is 3.21. The number of carbonyl (C=O) groups excluding carboxylic acids is 3. The van der Waals surface area contributed by atoms with Gasteiger partial charge in [-0.25, -0.2) is 0 Å². The number of hydrogen-bond acceptors (Lipinski definition) is 6. The summed E-state index contributed by atoms with van der Waals surface area (Å²) in [5.74, 6) is 1.53. The van der Waals surface area contributed by atoms with Crippen LogP contribution in [0.3, 0.4) is 0 Å². The first kappa shape index (κ1) is 21.1. The molecule has 8 heteroatoms. The van der Waals surface area contributed by atoms with Crippen molar-refractivity contribution in [2.75, 3.05) is 33.9 Å². The summed E-state index contributed by atoms with van der Waals surface area (Å²) in [6.07, 6.45) is 4.56. The van der Waals surface area contributed by atoms with E-state index in [9.17, 15) is 14.4 Å². The average Bonchev–Trinajstić information content (AvgIpc) is 3.30. The van der Waals surface area contributed by atoms with Crippen LogP contribution in [0.2, 0.25) is 0 Å². The van der Waals surface area contributed by atoms with Crippen molar-refractivity contribution in [1.29, 1.82) is 0 Å². The topological polar surface area (TPSA) is 106 Å². The summed E-state index contributed by atoms with van der Waals surface area (Å²) < 4.78 is 11.5. The molecule has 1 aromatic rings. The van der Waals surface area contributed by atoms with Gasteiger partial charge in [0.2, 0.25) is 5.91 Å². The van der Waals surface area contributed by atoms with Gasteiger partial charge in [0.1, 0.15) is 17.8 Å². The lowest BCUT2D eigenvalue weighted by atomic mass is 9.74. The first-order valence-corrected chi connectivity index (χ1v) is 10.1. The molecule has 3 N–H and O–H groups in total. The number of rotatable bonds is 5. The third kappa shape index (κ3) is 4.22. The molecule has 29 heavy (non-hydrogen) atoms. The monoisotopic (exact) mass is 403 g/mol. The number of methoxy groups -OCH3 is 1. The van der Waals surface area contributed by atoms with Gasteiger partial charge in [-0.1, -0.05) is 0 Å². The van der Waals surface area contributed by atoms with Gasteiger partial charge in [-0.2, -0.15) is 0 Å². The molecule has 1 aromatic carbocycles. The maximum atomic E-state index is 12.0. The Morgan fingerprint density at radius 2 is 2.14 bits per heavy atom. The van der Waals surface area contributed by atoms with Crippen LogP contribution in [0.15, 0.2) is 6.07 Å². The number of carbonyl (C=O) groups is 3. The number of unbranched alkanes of at least 4 members (excludes halogenated alkanes) is 1. The Morgan fingerprint density at radius 3 is 2.79 bits per heavy atom. The van der Waals surface area contributed by atoms with Crippen LogP contribution in [0.1, 0.15) is 53.6 Å². The minimum absolute atomic E-state index is 0.00292. The highest BCUT2D eigenvalue weighted by atomic mass is 16.5. The molecule has 3 aliphatic rings. The fraction of sp³-hybridized carbons (Fsp3) is 0.571. The van der Waals surface area contributed by atoms with Crippen LogP contribution >= 0.6 is 0 Å². The molecule has 2 amide bonds. The van der Waals surface area contributed by atoms with Gasteiger partial charge in [-0.3, -0.25) is 9.59 Å². The van der Waals surface area contributed by atoms with Gasteiger partial charge in [0.05, 0.1) is 19.3 Å². The molecule has 0 aromatic heterocycles. The Hall–Kier alpha value is -2.61. The van der Waals surface area contributed by atoms with Gasteiger partial charge in [0.15, 0.2) is 0 Å². The molecule has 0 atom stereocenters. The molecule has 1 saturated heterocycles. The molecular weight excluding hydrogens is 374 g/mol. The highest BCUT2D eigenvalue weighted by Gasteiger charge is 2.45. The van der Waals surface area contributed by atoms with Gasteiger partial charge < -0.3 is 30.2 Å². The van der Waals surface area contributed by atoms with E-state index in [-0.39, 0.29) is 17.2 Å². The Morgan fingerprint density at radius 1 is 1.38 bits per heavy atom. The molecule has 0 bridgehead atoms. The molecule has 0 saturated carbocycles. The molecule has 158 valence electrons. The number of fused-ring (bicyclic) bond motifs is 4. The summed E-state index contributed by atoms with van der Waals surface area (Å²) >= 11 is 0. The van der Waals surface area contributed by atoms with Crippen molar-refractivity contribution in [3.05, 3.63) is 22.8 Å². The molecule has 1 fully saturated rings. The fourth-order valence-corrected chi connectivity index (χ4v) is 4.17. The zero-order valence-corrected chi connectivity index (χ0v) is 17.1. The normalized spacial score (nSPS) is 17.9. The second-order valence-corrected chi connectivity index (χ2v) is 7.54. The van der Waals surface area contributed by atoms with Crippen molar-refractivity contribution < 1.29 is 23.9 Å². The number of benzene rings is 1. The minimum atomic E-state index is -0.0606. The zero-order chi connectivity index (χ0) is 20.9. The van der Waals surface area contributed by atoms with E-state index in [0.717, 1.165) is 50.1 Å². The lowest BCUT2D eigenvalue weighted by Gasteiger charge is -2.32. The molecule has 0 aliphatic carbocycles. The molecule has 1 spiro atoms. The van der Waals surface area contributed by atoms with E-state index in [2.05, 4.69) is 16.0 Å². The van der Waals surface area contributed by atoms with E-state index >= 15 is 0 Å². The van der Waals surface area contributed by atoms with Crippen LogP contribution in [0.25, 0.3) is 0 Å². The van der Waals surface area contributed by atoms with E-state index in [4.69, 9.17) is 9.47 Å². The van der Waals surface area contributed by atoms with Gasteiger partial charge in [0.25, 0.3) is 5.91 Å². The summed E-state index contributed by atoms with van der Waals surface area (Å²) in [5.41, 5.74) is 2.94. The largest absolute Gasteiger partial charge is 0.496 e. The number of ether oxygens (including phenoxy) is 2. The molecular formula is C21H29N3O5.